The van der Waals surface area contributed by atoms with Crippen molar-refractivity contribution in [3.63, 3.8) is 0 Å². The monoisotopic (exact) mass is 440 g/mol. The number of aromatic amines is 2. The summed E-state index contributed by atoms with van der Waals surface area (Å²) >= 11 is 0. The quantitative estimate of drug-likeness (QED) is 0.264. The van der Waals surface area contributed by atoms with Crippen LogP contribution in [0.2, 0.25) is 0 Å². The molecule has 0 radical (unpaired) electrons. The van der Waals surface area contributed by atoms with Gasteiger partial charge in [0.2, 0.25) is 0 Å². The van der Waals surface area contributed by atoms with Crippen molar-refractivity contribution >= 4 is 54.4 Å². The Bertz CT molecular complexity index is 1790. The Morgan fingerprint density at radius 1 is 0.382 bits per heavy atom. The Balaban J connectivity index is 0.000000182. The van der Waals surface area contributed by atoms with E-state index in [0.29, 0.717) is 32.6 Å². The molecule has 0 saturated heterocycles. The molecule has 7 aromatic rings. The average Bonchev–Trinajstić information content (AvgIpc) is 2.89. The van der Waals surface area contributed by atoms with Gasteiger partial charge in [0.05, 0.1) is 11.0 Å². The Kier molecular flexibility index (Phi) is 4.70. The molecule has 0 saturated carbocycles. The second kappa shape index (κ2) is 8.01. The lowest BCUT2D eigenvalue weighted by molar-refractivity contribution is 1.46. The molecular formula is C30H20N2O2. The molecule has 0 amide bonds. The number of hydrogen-bond donors (Lipinski definition) is 2. The lowest BCUT2D eigenvalue weighted by Crippen LogP contribution is -2.08. The van der Waals surface area contributed by atoms with Crippen molar-refractivity contribution < 1.29 is 0 Å². The topological polar surface area (TPSA) is 65.7 Å². The number of hydrogen-bond acceptors (Lipinski definition) is 2. The van der Waals surface area contributed by atoms with E-state index < -0.39 is 0 Å². The van der Waals surface area contributed by atoms with Gasteiger partial charge in [-0.3, -0.25) is 9.59 Å². The predicted molar refractivity (Wildman–Crippen MR) is 142 cm³/mol. The standard InChI is InChI=1S/C20H12N2O2.C10H8/c23-19-11-5-1-3-7-15(11)21-17-10-14-18(9-13(17)19)22-16-8-4-2-6-12(16)20(14)24;1-2-6-10-8-4-3-7-9(10)5-1/h1-10H,(H,21,23)(H,22,24);1-8H. The summed E-state index contributed by atoms with van der Waals surface area (Å²) in [5.41, 5.74) is 2.82. The van der Waals surface area contributed by atoms with Gasteiger partial charge in [-0.1, -0.05) is 72.8 Å². The van der Waals surface area contributed by atoms with Crippen LogP contribution < -0.4 is 10.9 Å². The maximum absolute atomic E-state index is 12.8. The highest BCUT2D eigenvalue weighted by Gasteiger charge is 2.10. The van der Waals surface area contributed by atoms with E-state index in [2.05, 4.69) is 58.5 Å². The van der Waals surface area contributed by atoms with Crippen LogP contribution in [0.25, 0.3) is 54.4 Å². The van der Waals surface area contributed by atoms with Gasteiger partial charge in [0.15, 0.2) is 10.9 Å². The van der Waals surface area contributed by atoms with Gasteiger partial charge in [-0.2, -0.15) is 0 Å². The molecule has 0 fully saturated rings. The van der Waals surface area contributed by atoms with Gasteiger partial charge in [-0.05, 0) is 47.2 Å². The Labute approximate surface area is 194 Å². The van der Waals surface area contributed by atoms with Gasteiger partial charge in [0.25, 0.3) is 0 Å². The van der Waals surface area contributed by atoms with Gasteiger partial charge in [-0.25, -0.2) is 0 Å². The molecule has 2 aromatic heterocycles. The first-order valence-corrected chi connectivity index (χ1v) is 11.1. The van der Waals surface area contributed by atoms with E-state index in [1.54, 1.807) is 24.3 Å². The first-order valence-electron chi connectivity index (χ1n) is 11.1. The summed E-state index contributed by atoms with van der Waals surface area (Å²) < 4.78 is 0. The molecule has 0 aliphatic carbocycles. The highest BCUT2D eigenvalue weighted by atomic mass is 16.1. The number of pyridine rings is 2. The van der Waals surface area contributed by atoms with Gasteiger partial charge in [-0.15, -0.1) is 0 Å². The number of para-hydroxylation sites is 2. The van der Waals surface area contributed by atoms with Crippen molar-refractivity contribution in [3.8, 4) is 0 Å². The zero-order valence-electron chi connectivity index (χ0n) is 18.2. The van der Waals surface area contributed by atoms with Crippen LogP contribution in [0.3, 0.4) is 0 Å². The molecule has 0 aliphatic heterocycles. The Morgan fingerprint density at radius 3 is 1.15 bits per heavy atom. The first-order chi connectivity index (χ1) is 16.7. The fraction of sp³-hybridized carbons (Fsp3) is 0. The highest BCUT2D eigenvalue weighted by Crippen LogP contribution is 2.21. The summed E-state index contributed by atoms with van der Waals surface area (Å²) in [5, 5.41) is 5.06. The minimum Gasteiger partial charge on any atom is -0.354 e. The van der Waals surface area contributed by atoms with Crippen LogP contribution in [0.1, 0.15) is 0 Å². The van der Waals surface area contributed by atoms with Gasteiger partial charge < -0.3 is 9.97 Å². The molecular weight excluding hydrogens is 420 g/mol. The van der Waals surface area contributed by atoms with E-state index in [9.17, 15) is 9.59 Å². The van der Waals surface area contributed by atoms with Crippen molar-refractivity contribution in [1.82, 2.24) is 9.97 Å². The predicted octanol–water partition coefficient (Wildman–Crippen LogP) is 6.52. The third-order valence-electron chi connectivity index (χ3n) is 6.19. The number of benzene rings is 5. The average molecular weight is 441 g/mol. The fourth-order valence-electron chi connectivity index (χ4n) is 4.48. The molecule has 0 unspecified atom stereocenters. The van der Waals surface area contributed by atoms with E-state index in [1.165, 1.54) is 10.8 Å². The largest absolute Gasteiger partial charge is 0.354 e. The van der Waals surface area contributed by atoms with Gasteiger partial charge in [0, 0.05) is 32.6 Å². The number of aromatic nitrogens is 2. The van der Waals surface area contributed by atoms with Crippen LogP contribution in [-0.2, 0) is 0 Å². The molecule has 4 heteroatoms. The van der Waals surface area contributed by atoms with Crippen LogP contribution in [0, 0.1) is 0 Å². The van der Waals surface area contributed by atoms with Crippen molar-refractivity contribution in [2.24, 2.45) is 0 Å². The highest BCUT2D eigenvalue weighted by molar-refractivity contribution is 6.02. The van der Waals surface area contributed by atoms with Crippen LogP contribution in [-0.4, -0.2) is 9.97 Å². The lowest BCUT2D eigenvalue weighted by Gasteiger charge is -2.06. The van der Waals surface area contributed by atoms with Crippen molar-refractivity contribution in [2.45, 2.75) is 0 Å². The third-order valence-corrected chi connectivity index (χ3v) is 6.19. The molecule has 2 heterocycles. The van der Waals surface area contributed by atoms with E-state index in [-0.39, 0.29) is 10.9 Å². The maximum atomic E-state index is 12.8. The molecule has 0 bridgehead atoms. The summed E-state index contributed by atoms with van der Waals surface area (Å²) in [5.74, 6) is 0. The molecule has 2 N–H and O–H groups in total. The van der Waals surface area contributed by atoms with Crippen LogP contribution in [0.4, 0.5) is 0 Å². The molecule has 34 heavy (non-hydrogen) atoms. The summed E-state index contributed by atoms with van der Waals surface area (Å²) in [6.07, 6.45) is 0. The van der Waals surface area contributed by atoms with Crippen molar-refractivity contribution in [3.05, 3.63) is 130 Å². The number of nitrogens with one attached hydrogen (secondary N) is 2. The number of rotatable bonds is 0. The zero-order valence-corrected chi connectivity index (χ0v) is 18.2. The molecule has 0 aliphatic rings. The van der Waals surface area contributed by atoms with E-state index >= 15 is 0 Å². The Hall–Kier alpha value is -4.70. The van der Waals surface area contributed by atoms with Crippen LogP contribution >= 0.6 is 0 Å². The van der Waals surface area contributed by atoms with E-state index in [0.717, 1.165) is 11.0 Å². The van der Waals surface area contributed by atoms with Gasteiger partial charge >= 0.3 is 0 Å². The summed E-state index contributed by atoms with van der Waals surface area (Å²) in [7, 11) is 0. The normalized spacial score (nSPS) is 11.2. The van der Waals surface area contributed by atoms with Gasteiger partial charge in [0.1, 0.15) is 0 Å². The molecule has 5 aromatic carbocycles. The summed E-state index contributed by atoms with van der Waals surface area (Å²) in [4.78, 5) is 32.1. The third kappa shape index (κ3) is 3.33. The SMILES string of the molecule is O=c1c2ccccc2[nH]c2cc3c(=O)c4ccccc4[nH]c3cc12.c1ccc2ccccc2c1. The maximum Gasteiger partial charge on any atom is 0.197 e. The van der Waals surface area contributed by atoms with Crippen LogP contribution in [0.5, 0.6) is 0 Å². The minimum absolute atomic E-state index is 0.0322. The molecule has 7 rings (SSSR count). The second-order valence-corrected chi connectivity index (χ2v) is 8.29. The minimum atomic E-state index is -0.0322. The fourth-order valence-corrected chi connectivity index (χ4v) is 4.48. The summed E-state index contributed by atoms with van der Waals surface area (Å²) in [6, 6.07) is 35.0. The number of H-pyrrole nitrogens is 2. The molecule has 0 spiro atoms. The molecule has 162 valence electrons. The van der Waals surface area contributed by atoms with Crippen LogP contribution in [0.15, 0.2) is 119 Å². The summed E-state index contributed by atoms with van der Waals surface area (Å²) in [6.45, 7) is 0. The lowest BCUT2D eigenvalue weighted by atomic mass is 10.1. The molecule has 4 nitrogen and oxygen atoms in total. The smallest absolute Gasteiger partial charge is 0.197 e. The van der Waals surface area contributed by atoms with Crippen molar-refractivity contribution in [1.29, 1.82) is 0 Å². The second-order valence-electron chi connectivity index (χ2n) is 8.29. The zero-order chi connectivity index (χ0) is 23.1. The van der Waals surface area contributed by atoms with E-state index in [4.69, 9.17) is 0 Å². The number of fused-ring (bicyclic) bond motifs is 5. The van der Waals surface area contributed by atoms with E-state index in [1.807, 2.05) is 36.4 Å². The first kappa shape index (κ1) is 19.9. The Morgan fingerprint density at radius 2 is 0.735 bits per heavy atom. The van der Waals surface area contributed by atoms with Crippen molar-refractivity contribution in [2.75, 3.05) is 0 Å². The molecule has 0 atom stereocenters.